The molecule has 1 atom stereocenters. The summed E-state index contributed by atoms with van der Waals surface area (Å²) in [6.45, 7) is 2.96. The molecule has 0 aromatic heterocycles. The van der Waals surface area contributed by atoms with Crippen molar-refractivity contribution in [2.45, 2.75) is 122 Å². The standard InChI is InChI=1S/C31H48F2N2O2/c1-2-3-4-5-6-9-17-24-36-29-26-34-31(32,28-22-13-11-14-23-28)35(33)30(29)37-25-18-10-7-8-12-19-27-20-15-16-21-27/h11,13-14,22-23,26-27H,2-10,12,15-21,24-25H2,1H3. The third-order valence-electron chi connectivity index (χ3n) is 7.62. The Bertz CT molecular complexity index is 811. The van der Waals surface area contributed by atoms with Gasteiger partial charge in [-0.25, -0.2) is 4.99 Å². The SMILES string of the molecule is CCCCCCCCCOC1=C(OCCCCCCCC2CCCC2)N(F)C(F)(c2ccccc2)N=C1. The summed E-state index contributed by atoms with van der Waals surface area (Å²) in [7, 11) is 0. The molecule has 2 aliphatic rings. The molecule has 3 rings (SSSR count). The lowest BCUT2D eigenvalue weighted by molar-refractivity contribution is -0.174. The van der Waals surface area contributed by atoms with Crippen LogP contribution in [0.3, 0.4) is 0 Å². The van der Waals surface area contributed by atoms with Gasteiger partial charge in [-0.05, 0) is 18.8 Å². The summed E-state index contributed by atoms with van der Waals surface area (Å²) in [5.41, 5.74) is 0.114. The van der Waals surface area contributed by atoms with Gasteiger partial charge in [0.1, 0.15) is 0 Å². The topological polar surface area (TPSA) is 34.1 Å². The Kier molecular flexibility index (Phi) is 13.3. The molecular formula is C31H48F2N2O2. The predicted octanol–water partition coefficient (Wildman–Crippen LogP) is 9.52. The summed E-state index contributed by atoms with van der Waals surface area (Å²) in [6.07, 6.45) is 21.9. The average Bonchev–Trinajstić information content (AvgIpc) is 3.44. The van der Waals surface area contributed by atoms with Gasteiger partial charge >= 0.3 is 5.92 Å². The van der Waals surface area contributed by atoms with E-state index in [0.717, 1.165) is 44.4 Å². The molecule has 0 bridgehead atoms. The first-order chi connectivity index (χ1) is 18.1. The van der Waals surface area contributed by atoms with Crippen molar-refractivity contribution in [1.29, 1.82) is 0 Å². The smallest absolute Gasteiger partial charge is 0.333 e. The molecule has 0 spiro atoms. The Morgan fingerprint density at radius 2 is 1.43 bits per heavy atom. The number of hydrogen-bond donors (Lipinski definition) is 0. The Labute approximate surface area is 223 Å². The number of halogens is 2. The second-order valence-corrected chi connectivity index (χ2v) is 10.7. The molecule has 0 radical (unpaired) electrons. The van der Waals surface area contributed by atoms with E-state index in [1.165, 1.54) is 89.0 Å². The van der Waals surface area contributed by atoms with Crippen molar-refractivity contribution in [3.05, 3.63) is 47.5 Å². The van der Waals surface area contributed by atoms with Crippen LogP contribution >= 0.6 is 0 Å². The van der Waals surface area contributed by atoms with Crippen LogP contribution in [0.5, 0.6) is 0 Å². The molecule has 1 heterocycles. The molecule has 0 amide bonds. The number of alkyl halides is 1. The molecule has 0 saturated heterocycles. The fourth-order valence-electron chi connectivity index (χ4n) is 5.32. The highest BCUT2D eigenvalue weighted by Gasteiger charge is 2.46. The molecule has 1 aromatic rings. The Balaban J connectivity index is 1.46. The maximum atomic E-state index is 15.7. The van der Waals surface area contributed by atoms with Crippen LogP contribution in [0.4, 0.5) is 8.87 Å². The number of unbranched alkanes of at least 4 members (excludes halogenated alkanes) is 10. The van der Waals surface area contributed by atoms with Gasteiger partial charge < -0.3 is 9.47 Å². The lowest BCUT2D eigenvalue weighted by atomic mass is 9.99. The number of hydrogen-bond acceptors (Lipinski definition) is 4. The second-order valence-electron chi connectivity index (χ2n) is 10.7. The van der Waals surface area contributed by atoms with Crippen molar-refractivity contribution in [3.63, 3.8) is 0 Å². The van der Waals surface area contributed by atoms with Crippen LogP contribution in [0.2, 0.25) is 0 Å². The number of allylic oxidation sites excluding steroid dienone is 1. The van der Waals surface area contributed by atoms with Crippen molar-refractivity contribution in [2.75, 3.05) is 13.2 Å². The predicted molar refractivity (Wildman–Crippen MR) is 147 cm³/mol. The molecule has 208 valence electrons. The van der Waals surface area contributed by atoms with E-state index < -0.39 is 5.92 Å². The van der Waals surface area contributed by atoms with Crippen molar-refractivity contribution >= 4 is 6.21 Å². The Hall–Kier alpha value is -2.11. The number of rotatable bonds is 19. The van der Waals surface area contributed by atoms with Crippen LogP contribution in [0.25, 0.3) is 0 Å². The monoisotopic (exact) mass is 518 g/mol. The van der Waals surface area contributed by atoms with Crippen LogP contribution in [0.15, 0.2) is 47.0 Å². The third-order valence-corrected chi connectivity index (χ3v) is 7.62. The van der Waals surface area contributed by atoms with Crippen LogP contribution in [0.1, 0.15) is 122 Å². The first-order valence-electron chi connectivity index (χ1n) is 14.9. The second kappa shape index (κ2) is 16.7. The number of ether oxygens (including phenoxy) is 2. The summed E-state index contributed by atoms with van der Waals surface area (Å²) >= 11 is 0. The maximum absolute atomic E-state index is 15.7. The van der Waals surface area contributed by atoms with E-state index in [-0.39, 0.29) is 22.3 Å². The average molecular weight is 519 g/mol. The fourth-order valence-corrected chi connectivity index (χ4v) is 5.32. The summed E-state index contributed by atoms with van der Waals surface area (Å²) in [4.78, 5) is 3.90. The third kappa shape index (κ3) is 9.61. The molecule has 4 nitrogen and oxygen atoms in total. The van der Waals surface area contributed by atoms with E-state index in [0.29, 0.717) is 13.2 Å². The zero-order valence-electron chi connectivity index (χ0n) is 22.9. The number of benzene rings is 1. The minimum absolute atomic E-state index is 0.00990. The molecule has 37 heavy (non-hydrogen) atoms. The lowest BCUT2D eigenvalue weighted by Crippen LogP contribution is -2.39. The highest BCUT2D eigenvalue weighted by molar-refractivity contribution is 5.78. The quantitative estimate of drug-likeness (QED) is 0.104. The molecule has 1 aliphatic carbocycles. The van der Waals surface area contributed by atoms with Gasteiger partial charge in [0.25, 0.3) is 5.88 Å². The van der Waals surface area contributed by atoms with Gasteiger partial charge in [0.15, 0.2) is 5.76 Å². The zero-order chi connectivity index (χ0) is 26.2. The molecule has 1 fully saturated rings. The van der Waals surface area contributed by atoms with Crippen molar-refractivity contribution in [2.24, 2.45) is 10.9 Å². The van der Waals surface area contributed by atoms with E-state index in [4.69, 9.17) is 9.47 Å². The number of nitrogens with zero attached hydrogens (tertiary/aromatic N) is 2. The van der Waals surface area contributed by atoms with Crippen molar-refractivity contribution in [1.82, 2.24) is 5.12 Å². The lowest BCUT2D eigenvalue weighted by Gasteiger charge is -2.33. The fraction of sp³-hybridized carbons (Fsp3) is 0.710. The summed E-state index contributed by atoms with van der Waals surface area (Å²) in [6, 6.07) is 8.15. The minimum atomic E-state index is -2.66. The molecule has 1 aliphatic heterocycles. The molecule has 1 aromatic carbocycles. The van der Waals surface area contributed by atoms with Gasteiger partial charge in [0.05, 0.1) is 19.4 Å². The van der Waals surface area contributed by atoms with Crippen LogP contribution in [-0.2, 0) is 15.4 Å². The van der Waals surface area contributed by atoms with Crippen molar-refractivity contribution in [3.8, 4) is 0 Å². The van der Waals surface area contributed by atoms with E-state index in [9.17, 15) is 0 Å². The van der Waals surface area contributed by atoms with Gasteiger partial charge in [-0.3, -0.25) is 0 Å². The summed E-state index contributed by atoms with van der Waals surface area (Å²) < 4.78 is 42.9. The highest BCUT2D eigenvalue weighted by atomic mass is 19.2. The Morgan fingerprint density at radius 3 is 2.11 bits per heavy atom. The van der Waals surface area contributed by atoms with Crippen LogP contribution in [-0.4, -0.2) is 24.6 Å². The van der Waals surface area contributed by atoms with Gasteiger partial charge in [0.2, 0.25) is 0 Å². The van der Waals surface area contributed by atoms with Gasteiger partial charge in [0, 0.05) is 5.56 Å². The number of aliphatic imine (C=N–C) groups is 1. The van der Waals surface area contributed by atoms with E-state index in [2.05, 4.69) is 11.9 Å². The maximum Gasteiger partial charge on any atom is 0.333 e. The molecule has 0 N–H and O–H groups in total. The van der Waals surface area contributed by atoms with Gasteiger partial charge in [-0.1, -0.05) is 138 Å². The van der Waals surface area contributed by atoms with Gasteiger partial charge in [-0.2, -0.15) is 4.39 Å². The van der Waals surface area contributed by atoms with Gasteiger partial charge in [-0.15, -0.1) is 5.12 Å². The molecule has 1 saturated carbocycles. The zero-order valence-corrected chi connectivity index (χ0v) is 22.9. The Morgan fingerprint density at radius 1 is 0.838 bits per heavy atom. The largest absolute Gasteiger partial charge is 0.487 e. The summed E-state index contributed by atoms with van der Waals surface area (Å²) in [5.74, 6) is -1.77. The first-order valence-corrected chi connectivity index (χ1v) is 14.9. The first kappa shape index (κ1) is 29.4. The van der Waals surface area contributed by atoms with E-state index in [1.54, 1.807) is 18.2 Å². The molecule has 1 unspecified atom stereocenters. The highest BCUT2D eigenvalue weighted by Crippen LogP contribution is 2.39. The minimum Gasteiger partial charge on any atom is -0.487 e. The van der Waals surface area contributed by atoms with E-state index in [1.807, 2.05) is 0 Å². The normalized spacial score (nSPS) is 20.1. The van der Waals surface area contributed by atoms with Crippen LogP contribution in [0, 0.1) is 5.92 Å². The molecule has 6 heteroatoms. The molecular weight excluding hydrogens is 470 g/mol. The van der Waals surface area contributed by atoms with E-state index >= 15 is 8.87 Å². The van der Waals surface area contributed by atoms with Crippen molar-refractivity contribution < 1.29 is 18.3 Å². The van der Waals surface area contributed by atoms with Crippen LogP contribution < -0.4 is 0 Å². The summed E-state index contributed by atoms with van der Waals surface area (Å²) in [5, 5.41) is -0.00990.